The Morgan fingerprint density at radius 3 is 2.24 bits per heavy atom. The molecule has 2 aromatic rings. The fourth-order valence-electron chi connectivity index (χ4n) is 7.03. The molecule has 2 saturated heterocycles. The number of nitrogens with one attached hydrogen (secondary N) is 1. The maximum absolute atomic E-state index is 12.9. The second-order valence-corrected chi connectivity index (χ2v) is 11.6. The number of imidazole rings is 1. The number of benzene rings is 1. The molecule has 7 nitrogen and oxygen atoms in total. The third-order valence-corrected chi connectivity index (χ3v) is 8.73. The molecule has 0 unspecified atom stereocenters. The number of hydrogen-bond donors (Lipinski definition) is 1. The summed E-state index contributed by atoms with van der Waals surface area (Å²) in [6.45, 7) is 2.82. The summed E-state index contributed by atoms with van der Waals surface area (Å²) in [4.78, 5) is 32.8. The van der Waals surface area contributed by atoms with Crippen LogP contribution < -0.4 is 5.32 Å². The van der Waals surface area contributed by atoms with Gasteiger partial charge in [-0.25, -0.2) is 4.98 Å². The predicted octanol–water partition coefficient (Wildman–Crippen LogP) is 5.40. The van der Waals surface area contributed by atoms with Crippen LogP contribution in [-0.4, -0.2) is 68.7 Å². The molecule has 1 N–H and O–H groups in total. The van der Waals surface area contributed by atoms with Crippen LogP contribution in [0.5, 0.6) is 0 Å². The first-order valence-electron chi connectivity index (χ1n) is 14.4. The first-order valence-corrected chi connectivity index (χ1v) is 14.4. The molecular formula is C29H35F6N5O2. The number of piperidine rings is 1. The van der Waals surface area contributed by atoms with Crippen molar-refractivity contribution in [3.8, 4) is 0 Å². The maximum atomic E-state index is 12.9. The van der Waals surface area contributed by atoms with E-state index >= 15 is 0 Å². The topological polar surface area (TPSA) is 70.5 Å². The number of aromatic nitrogens is 2. The van der Waals surface area contributed by atoms with E-state index in [4.69, 9.17) is 4.98 Å². The van der Waals surface area contributed by atoms with Crippen LogP contribution in [0.2, 0.25) is 0 Å². The number of alkyl halides is 6. The number of hydrogen-bond acceptors (Lipinski definition) is 4. The Morgan fingerprint density at radius 1 is 0.976 bits per heavy atom. The Labute approximate surface area is 240 Å². The average molecular weight is 600 g/mol. The Bertz CT molecular complexity index is 1260. The summed E-state index contributed by atoms with van der Waals surface area (Å²) in [5, 5.41) is 2.58. The van der Waals surface area contributed by atoms with Crippen LogP contribution in [0.4, 0.5) is 26.3 Å². The minimum Gasteiger partial charge on any atom is -0.349 e. The minimum absolute atomic E-state index is 0.0871. The molecule has 0 aliphatic carbocycles. The van der Waals surface area contributed by atoms with Gasteiger partial charge in [0.15, 0.2) is 0 Å². The Kier molecular flexibility index (Phi) is 8.60. The number of nitrogens with zero attached hydrogens (tertiary/aromatic N) is 4. The zero-order valence-electron chi connectivity index (χ0n) is 23.3. The van der Waals surface area contributed by atoms with Crippen molar-refractivity contribution in [1.29, 1.82) is 0 Å². The van der Waals surface area contributed by atoms with Gasteiger partial charge in [-0.15, -0.1) is 0 Å². The highest BCUT2D eigenvalue weighted by atomic mass is 19.4. The van der Waals surface area contributed by atoms with Crippen LogP contribution in [-0.2, 0) is 22.6 Å². The summed E-state index contributed by atoms with van der Waals surface area (Å²) >= 11 is 0. The Hall–Kier alpha value is -3.09. The summed E-state index contributed by atoms with van der Waals surface area (Å²) in [5.74, 6) is -1.19. The van der Waals surface area contributed by atoms with Crippen molar-refractivity contribution in [2.75, 3.05) is 13.1 Å². The van der Waals surface area contributed by atoms with E-state index in [1.807, 2.05) is 13.0 Å². The van der Waals surface area contributed by atoms with Crippen LogP contribution in [0.3, 0.4) is 0 Å². The van der Waals surface area contributed by atoms with Crippen LogP contribution in [0, 0.1) is 6.92 Å². The van der Waals surface area contributed by atoms with Crippen LogP contribution in [0.25, 0.3) is 0 Å². The molecule has 4 atom stereocenters. The van der Waals surface area contributed by atoms with Crippen molar-refractivity contribution >= 4 is 11.8 Å². The van der Waals surface area contributed by atoms with Crippen molar-refractivity contribution in [2.45, 2.75) is 101 Å². The van der Waals surface area contributed by atoms with Gasteiger partial charge < -0.3 is 14.8 Å². The van der Waals surface area contributed by atoms with E-state index in [0.29, 0.717) is 19.4 Å². The van der Waals surface area contributed by atoms with Gasteiger partial charge in [-0.05, 0) is 44.6 Å². The Balaban J connectivity index is 1.26. The van der Waals surface area contributed by atoms with Crippen molar-refractivity contribution in [3.05, 3.63) is 53.1 Å². The molecule has 42 heavy (non-hydrogen) atoms. The zero-order chi connectivity index (χ0) is 30.2. The quantitative estimate of drug-likeness (QED) is 0.413. The van der Waals surface area contributed by atoms with Gasteiger partial charge in [0.05, 0.1) is 24.0 Å². The van der Waals surface area contributed by atoms with E-state index in [2.05, 4.69) is 14.8 Å². The average Bonchev–Trinajstić information content (AvgIpc) is 3.34. The number of halogens is 6. The van der Waals surface area contributed by atoms with E-state index in [0.717, 1.165) is 48.5 Å². The lowest BCUT2D eigenvalue weighted by Crippen LogP contribution is -2.45. The van der Waals surface area contributed by atoms with Gasteiger partial charge in [0, 0.05) is 37.6 Å². The van der Waals surface area contributed by atoms with Crippen LogP contribution in [0.1, 0.15) is 79.8 Å². The predicted molar refractivity (Wildman–Crippen MR) is 141 cm³/mol. The molecule has 5 rings (SSSR count). The molecule has 230 valence electrons. The molecule has 1 aromatic carbocycles. The summed E-state index contributed by atoms with van der Waals surface area (Å²) in [6.07, 6.45) is -7.74. The van der Waals surface area contributed by atoms with E-state index in [1.165, 1.54) is 4.90 Å². The summed E-state index contributed by atoms with van der Waals surface area (Å²) < 4.78 is 79.2. The van der Waals surface area contributed by atoms with Crippen LogP contribution in [0.15, 0.2) is 30.3 Å². The van der Waals surface area contributed by atoms with Gasteiger partial charge in [0.1, 0.15) is 18.7 Å². The van der Waals surface area contributed by atoms with E-state index in [1.54, 1.807) is 24.3 Å². The van der Waals surface area contributed by atoms with Crippen molar-refractivity contribution in [2.24, 2.45) is 0 Å². The standard InChI is InChI=1S/C29H35F6N5O2/c1-18-36-24-9-11-38(27(42)16-29(33,34)35)17-25(24)40(18)22-13-20-7-8-21(14-22)39(20)12-10-23(19-5-3-2-4-6-19)37-26(41)15-28(30,31)32/h2-6,20-23H,7-17H2,1H3,(H,37,41)/t20-,21+,22+,23-/m0/s1. The second-order valence-electron chi connectivity index (χ2n) is 11.6. The number of carbonyl (C=O) groups is 2. The van der Waals surface area contributed by atoms with Gasteiger partial charge in [0.25, 0.3) is 0 Å². The van der Waals surface area contributed by atoms with Crippen molar-refractivity contribution in [3.63, 3.8) is 0 Å². The number of aryl methyl sites for hydroxylation is 1. The molecular weight excluding hydrogens is 564 g/mol. The SMILES string of the molecule is Cc1nc2c(n1[C@H]1C[C@H]3CC[C@@H](C1)N3CC[C@H](NC(=O)CC(F)(F)F)c1ccccc1)CN(C(=O)CC(F)(F)F)CC2. The van der Waals surface area contributed by atoms with Gasteiger partial charge in [-0.1, -0.05) is 30.3 Å². The highest BCUT2D eigenvalue weighted by Gasteiger charge is 2.43. The largest absolute Gasteiger partial charge is 0.397 e. The lowest BCUT2D eigenvalue weighted by atomic mass is 9.95. The molecule has 4 heterocycles. The van der Waals surface area contributed by atoms with Gasteiger partial charge in [-0.3, -0.25) is 14.5 Å². The number of amides is 2. The van der Waals surface area contributed by atoms with Crippen molar-refractivity contribution < 1.29 is 35.9 Å². The fourth-order valence-corrected chi connectivity index (χ4v) is 7.03. The molecule has 2 fully saturated rings. The second kappa shape index (κ2) is 11.9. The van der Waals surface area contributed by atoms with E-state index in [9.17, 15) is 35.9 Å². The molecule has 2 bridgehead atoms. The third-order valence-electron chi connectivity index (χ3n) is 8.73. The molecule has 2 amide bonds. The summed E-state index contributed by atoms with van der Waals surface area (Å²) in [5.41, 5.74) is 2.39. The van der Waals surface area contributed by atoms with Gasteiger partial charge in [-0.2, -0.15) is 26.3 Å². The van der Waals surface area contributed by atoms with Gasteiger partial charge in [0.2, 0.25) is 11.8 Å². The van der Waals surface area contributed by atoms with Gasteiger partial charge >= 0.3 is 12.4 Å². The number of carbonyl (C=O) groups excluding carboxylic acids is 2. The molecule has 0 saturated carbocycles. The molecule has 1 aromatic heterocycles. The normalized spacial score (nSPS) is 23.5. The first kappa shape index (κ1) is 30.4. The monoisotopic (exact) mass is 599 g/mol. The summed E-state index contributed by atoms with van der Waals surface area (Å²) in [6, 6.07) is 8.97. The molecule has 3 aliphatic heterocycles. The number of fused-ring (bicyclic) bond motifs is 3. The zero-order valence-corrected chi connectivity index (χ0v) is 23.3. The smallest absolute Gasteiger partial charge is 0.349 e. The number of rotatable bonds is 8. The first-order chi connectivity index (χ1) is 19.8. The highest BCUT2D eigenvalue weighted by molar-refractivity contribution is 5.77. The Morgan fingerprint density at radius 2 is 1.62 bits per heavy atom. The highest BCUT2D eigenvalue weighted by Crippen LogP contribution is 2.43. The van der Waals surface area contributed by atoms with Crippen molar-refractivity contribution in [1.82, 2.24) is 24.7 Å². The summed E-state index contributed by atoms with van der Waals surface area (Å²) in [7, 11) is 0. The lowest BCUT2D eigenvalue weighted by molar-refractivity contribution is -0.162. The van der Waals surface area contributed by atoms with Crippen LogP contribution >= 0.6 is 0 Å². The molecule has 0 radical (unpaired) electrons. The third kappa shape index (κ3) is 7.09. The fraction of sp³-hybridized carbons (Fsp3) is 0.621. The van der Waals surface area contributed by atoms with E-state index in [-0.39, 0.29) is 31.2 Å². The van der Waals surface area contributed by atoms with E-state index < -0.39 is 43.1 Å². The maximum Gasteiger partial charge on any atom is 0.397 e. The molecule has 3 aliphatic rings. The molecule has 13 heteroatoms. The molecule has 0 spiro atoms. The lowest BCUT2D eigenvalue weighted by Gasteiger charge is -2.41. The minimum atomic E-state index is -4.58.